The van der Waals surface area contributed by atoms with Gasteiger partial charge in [-0.05, 0) is 23.3 Å². The van der Waals surface area contributed by atoms with Crippen LogP contribution in [0, 0.1) is 0 Å². The van der Waals surface area contributed by atoms with Crippen LogP contribution in [0.3, 0.4) is 0 Å². The highest BCUT2D eigenvalue weighted by Crippen LogP contribution is 2.28. The highest BCUT2D eigenvalue weighted by molar-refractivity contribution is 5.74. The predicted molar refractivity (Wildman–Crippen MR) is 71.2 cm³/mol. The lowest BCUT2D eigenvalue weighted by atomic mass is 10.1. The van der Waals surface area contributed by atoms with Gasteiger partial charge < -0.3 is 19.3 Å². The minimum absolute atomic E-state index is 0.0569. The molecule has 0 heterocycles. The Bertz CT molecular complexity index is 465. The van der Waals surface area contributed by atoms with Crippen molar-refractivity contribution in [1.29, 1.82) is 0 Å². The summed E-state index contributed by atoms with van der Waals surface area (Å²) in [6, 6.07) is 5.35. The Kier molecular flexibility index (Phi) is 5.89. The van der Waals surface area contributed by atoms with Crippen molar-refractivity contribution in [2.75, 3.05) is 27.9 Å². The van der Waals surface area contributed by atoms with Gasteiger partial charge in [0.25, 0.3) is 0 Å². The molecular formula is C14H18O5. The van der Waals surface area contributed by atoms with E-state index in [9.17, 15) is 9.90 Å². The van der Waals surface area contributed by atoms with E-state index in [1.54, 1.807) is 32.4 Å². The Balaban J connectivity index is 2.98. The lowest BCUT2D eigenvalue weighted by Gasteiger charge is -2.08. The molecule has 0 bridgehead atoms. The molecule has 0 amide bonds. The Labute approximate surface area is 112 Å². The molecule has 0 fully saturated rings. The first-order chi connectivity index (χ1) is 9.14. The summed E-state index contributed by atoms with van der Waals surface area (Å²) in [7, 11) is 4.42. The highest BCUT2D eigenvalue weighted by atomic mass is 16.5. The summed E-state index contributed by atoms with van der Waals surface area (Å²) >= 11 is 0. The maximum atomic E-state index is 11.2. The van der Waals surface area contributed by atoms with Gasteiger partial charge in [0.2, 0.25) is 0 Å². The van der Waals surface area contributed by atoms with Gasteiger partial charge >= 0.3 is 5.97 Å². The van der Waals surface area contributed by atoms with Gasteiger partial charge in [-0.2, -0.15) is 0 Å². The molecular weight excluding hydrogens is 248 g/mol. The van der Waals surface area contributed by atoms with Crippen LogP contribution in [0.25, 0.3) is 6.08 Å². The fraction of sp³-hybridized carbons (Fsp3) is 0.357. The molecule has 5 heteroatoms. The van der Waals surface area contributed by atoms with Gasteiger partial charge in [-0.25, -0.2) is 0 Å². The Morgan fingerprint density at radius 3 is 2.42 bits per heavy atom. The van der Waals surface area contributed by atoms with Crippen molar-refractivity contribution in [2.24, 2.45) is 0 Å². The van der Waals surface area contributed by atoms with E-state index < -0.39 is 0 Å². The smallest absolute Gasteiger partial charge is 0.309 e. The molecule has 1 aromatic rings. The van der Waals surface area contributed by atoms with Gasteiger partial charge in [0.15, 0.2) is 11.5 Å². The van der Waals surface area contributed by atoms with Gasteiger partial charge in [0.05, 0.1) is 34.4 Å². The summed E-state index contributed by atoms with van der Waals surface area (Å²) < 4.78 is 14.9. The summed E-state index contributed by atoms with van der Waals surface area (Å²) in [6.07, 6.45) is 1.78. The standard InChI is InChI=1S/C14H18O5/c1-17-12-5-4-10(7-13(12)18-2)6-11(9-15)8-14(16)19-3/h4-7,15H,8-9H2,1-3H3/b11-6-. The zero-order valence-electron chi connectivity index (χ0n) is 11.3. The molecule has 19 heavy (non-hydrogen) atoms. The van der Waals surface area contributed by atoms with Crippen LogP contribution in [0.15, 0.2) is 23.8 Å². The fourth-order valence-corrected chi connectivity index (χ4v) is 1.59. The van der Waals surface area contributed by atoms with Crippen LogP contribution in [0.2, 0.25) is 0 Å². The van der Waals surface area contributed by atoms with E-state index in [4.69, 9.17) is 9.47 Å². The average Bonchev–Trinajstić information content (AvgIpc) is 2.45. The molecule has 0 aliphatic rings. The number of rotatable bonds is 6. The van der Waals surface area contributed by atoms with Crippen molar-refractivity contribution in [2.45, 2.75) is 6.42 Å². The number of methoxy groups -OCH3 is 3. The van der Waals surface area contributed by atoms with Gasteiger partial charge in [-0.3, -0.25) is 4.79 Å². The maximum absolute atomic E-state index is 11.2. The van der Waals surface area contributed by atoms with E-state index in [1.165, 1.54) is 7.11 Å². The lowest BCUT2D eigenvalue weighted by molar-refractivity contribution is -0.139. The molecule has 104 valence electrons. The molecule has 0 saturated carbocycles. The number of hydrogen-bond acceptors (Lipinski definition) is 5. The number of esters is 1. The third-order valence-corrected chi connectivity index (χ3v) is 2.58. The summed E-state index contributed by atoms with van der Waals surface area (Å²) in [5.74, 6) is 0.825. The van der Waals surface area contributed by atoms with Crippen molar-refractivity contribution in [3.8, 4) is 11.5 Å². The van der Waals surface area contributed by atoms with E-state index in [2.05, 4.69) is 4.74 Å². The minimum atomic E-state index is -0.388. The zero-order chi connectivity index (χ0) is 14.3. The second kappa shape index (κ2) is 7.43. The SMILES string of the molecule is COC(=O)C/C(=C/c1ccc(OC)c(OC)c1)CO. The second-order valence-electron chi connectivity index (χ2n) is 3.83. The van der Waals surface area contributed by atoms with Crippen LogP contribution >= 0.6 is 0 Å². The lowest BCUT2D eigenvalue weighted by Crippen LogP contribution is -2.04. The van der Waals surface area contributed by atoms with E-state index in [0.29, 0.717) is 17.1 Å². The van der Waals surface area contributed by atoms with Gasteiger partial charge in [0.1, 0.15) is 0 Å². The van der Waals surface area contributed by atoms with Gasteiger partial charge in [0, 0.05) is 0 Å². The highest BCUT2D eigenvalue weighted by Gasteiger charge is 2.07. The third kappa shape index (κ3) is 4.30. The minimum Gasteiger partial charge on any atom is -0.493 e. The van der Waals surface area contributed by atoms with Gasteiger partial charge in [-0.1, -0.05) is 12.1 Å². The molecule has 1 N–H and O–H groups in total. The van der Waals surface area contributed by atoms with Crippen molar-refractivity contribution < 1.29 is 24.1 Å². The number of carbonyl (C=O) groups excluding carboxylic acids is 1. The normalized spacial score (nSPS) is 11.1. The predicted octanol–water partition coefficient (Wildman–Crippen LogP) is 1.64. The third-order valence-electron chi connectivity index (χ3n) is 2.58. The molecule has 1 rings (SSSR count). The molecule has 1 aromatic carbocycles. The molecule has 5 nitrogen and oxygen atoms in total. The summed E-state index contributed by atoms with van der Waals surface area (Å²) in [6.45, 7) is -0.205. The van der Waals surface area contributed by atoms with Crippen LogP contribution in [-0.2, 0) is 9.53 Å². The number of ether oxygens (including phenoxy) is 3. The molecule has 0 atom stereocenters. The van der Waals surface area contributed by atoms with E-state index in [1.807, 2.05) is 6.07 Å². The largest absolute Gasteiger partial charge is 0.493 e. The number of carbonyl (C=O) groups is 1. The quantitative estimate of drug-likeness (QED) is 0.793. The van der Waals surface area contributed by atoms with Crippen molar-refractivity contribution in [3.63, 3.8) is 0 Å². The summed E-state index contributed by atoms with van der Waals surface area (Å²) in [5.41, 5.74) is 1.38. The first kappa shape index (κ1) is 15.0. The first-order valence-corrected chi connectivity index (χ1v) is 5.73. The van der Waals surface area contributed by atoms with Crippen LogP contribution in [0.1, 0.15) is 12.0 Å². The molecule has 0 aliphatic carbocycles. The Morgan fingerprint density at radius 2 is 1.89 bits per heavy atom. The number of benzene rings is 1. The zero-order valence-corrected chi connectivity index (χ0v) is 11.3. The molecule has 0 aromatic heterocycles. The Hall–Kier alpha value is -2.01. The Morgan fingerprint density at radius 1 is 1.21 bits per heavy atom. The molecule has 0 unspecified atom stereocenters. The topological polar surface area (TPSA) is 65.0 Å². The molecule has 0 spiro atoms. The molecule has 0 aliphatic heterocycles. The maximum Gasteiger partial charge on any atom is 0.309 e. The number of aliphatic hydroxyl groups is 1. The van der Waals surface area contributed by atoms with E-state index >= 15 is 0 Å². The fourth-order valence-electron chi connectivity index (χ4n) is 1.59. The van der Waals surface area contributed by atoms with Crippen LogP contribution in [0.4, 0.5) is 0 Å². The van der Waals surface area contributed by atoms with Crippen LogP contribution in [-0.4, -0.2) is 39.0 Å². The van der Waals surface area contributed by atoms with Crippen molar-refractivity contribution >= 4 is 12.0 Å². The summed E-state index contributed by atoms with van der Waals surface area (Å²) in [4.78, 5) is 11.2. The van der Waals surface area contributed by atoms with Crippen LogP contribution < -0.4 is 9.47 Å². The number of aliphatic hydroxyl groups excluding tert-OH is 1. The first-order valence-electron chi connectivity index (χ1n) is 5.73. The van der Waals surface area contributed by atoms with Crippen LogP contribution in [0.5, 0.6) is 11.5 Å². The monoisotopic (exact) mass is 266 g/mol. The molecule has 0 radical (unpaired) electrons. The van der Waals surface area contributed by atoms with Crippen molar-refractivity contribution in [3.05, 3.63) is 29.3 Å². The van der Waals surface area contributed by atoms with E-state index in [0.717, 1.165) is 5.56 Å². The average molecular weight is 266 g/mol. The number of hydrogen-bond donors (Lipinski definition) is 1. The molecule has 0 saturated heterocycles. The van der Waals surface area contributed by atoms with E-state index in [-0.39, 0.29) is 19.0 Å². The second-order valence-corrected chi connectivity index (χ2v) is 3.83. The van der Waals surface area contributed by atoms with Crippen molar-refractivity contribution in [1.82, 2.24) is 0 Å². The summed E-state index contributed by atoms with van der Waals surface area (Å²) in [5, 5.41) is 9.23. The van der Waals surface area contributed by atoms with Gasteiger partial charge in [-0.15, -0.1) is 0 Å².